The number of hydrogen-bond donors (Lipinski definition) is 1. The largest absolute Gasteiger partial charge is 0.481 e. The van der Waals surface area contributed by atoms with Crippen molar-refractivity contribution in [2.24, 2.45) is 5.92 Å². The van der Waals surface area contributed by atoms with Crippen LogP contribution < -0.4 is 0 Å². The van der Waals surface area contributed by atoms with Crippen LogP contribution in [-0.2, 0) is 23.8 Å². The zero-order chi connectivity index (χ0) is 11.4. The van der Waals surface area contributed by atoms with Crippen LogP contribution in [0.25, 0.3) is 0 Å². The molecule has 6 heteroatoms. The summed E-state index contributed by atoms with van der Waals surface area (Å²) in [5, 5.41) is 8.51. The van der Waals surface area contributed by atoms with Crippen molar-refractivity contribution in [1.82, 2.24) is 0 Å². The molecule has 0 aliphatic carbocycles. The average Bonchev–Trinajstić information content (AvgIpc) is 2.16. The predicted octanol–water partition coefficient (Wildman–Crippen LogP) is 0.217. The van der Waals surface area contributed by atoms with E-state index in [4.69, 9.17) is 19.3 Å². The number of hydrogen-bond acceptors (Lipinski definition) is 5. The first kappa shape index (κ1) is 12.9. The van der Waals surface area contributed by atoms with E-state index in [2.05, 4.69) is 0 Å². The molecule has 0 amide bonds. The molecule has 0 aromatic carbocycles. The van der Waals surface area contributed by atoms with Gasteiger partial charge in [-0.15, -0.1) is 0 Å². The Morgan fingerprint density at radius 2 is 1.71 bits per heavy atom. The highest BCUT2D eigenvalue weighted by atomic mass is 16.9. The van der Waals surface area contributed by atoms with Gasteiger partial charge in [-0.05, 0) is 6.92 Å². The lowest BCUT2D eigenvalue weighted by molar-refractivity contribution is -0.333. The zero-order valence-electron chi connectivity index (χ0n) is 8.57. The van der Waals surface area contributed by atoms with Gasteiger partial charge in [-0.2, -0.15) is 0 Å². The minimum absolute atomic E-state index is 0.913. The molecule has 0 saturated heterocycles. The molecule has 14 heavy (non-hydrogen) atoms. The molecule has 0 rings (SSSR count). The van der Waals surface area contributed by atoms with Gasteiger partial charge in [-0.1, -0.05) is 0 Å². The summed E-state index contributed by atoms with van der Waals surface area (Å²) in [5.41, 5.74) is 0. The maximum absolute atomic E-state index is 11.2. The number of methoxy groups -OCH3 is 2. The number of carbonyl (C=O) groups excluding carboxylic acids is 1. The molecule has 6 nitrogen and oxygen atoms in total. The SMILES string of the molecule is COC(C)(OC)OC(=O)C(C)C(=O)O. The van der Waals surface area contributed by atoms with Crippen LogP contribution in [0.2, 0.25) is 0 Å². The summed E-state index contributed by atoms with van der Waals surface area (Å²) in [7, 11) is 2.56. The summed E-state index contributed by atoms with van der Waals surface area (Å²) in [5.74, 6) is -4.96. The molecule has 1 N–H and O–H groups in total. The van der Waals surface area contributed by atoms with Gasteiger partial charge < -0.3 is 19.3 Å². The van der Waals surface area contributed by atoms with Crippen LogP contribution in [0.1, 0.15) is 13.8 Å². The van der Waals surface area contributed by atoms with E-state index in [1.165, 1.54) is 28.1 Å². The Balaban J connectivity index is 4.37. The van der Waals surface area contributed by atoms with Crippen molar-refractivity contribution in [2.75, 3.05) is 14.2 Å². The third-order valence-corrected chi connectivity index (χ3v) is 1.75. The molecule has 0 aliphatic rings. The predicted molar refractivity (Wildman–Crippen MR) is 45.3 cm³/mol. The van der Waals surface area contributed by atoms with Gasteiger partial charge in [-0.25, -0.2) is 0 Å². The van der Waals surface area contributed by atoms with Crippen LogP contribution in [0, 0.1) is 5.92 Å². The van der Waals surface area contributed by atoms with E-state index in [1.807, 2.05) is 0 Å². The highest BCUT2D eigenvalue weighted by Gasteiger charge is 2.33. The van der Waals surface area contributed by atoms with Crippen molar-refractivity contribution < 1.29 is 28.9 Å². The Kier molecular flexibility index (Phi) is 4.52. The maximum Gasteiger partial charge on any atom is 0.325 e. The summed E-state index contributed by atoms with van der Waals surface area (Å²) >= 11 is 0. The Morgan fingerprint density at radius 1 is 1.29 bits per heavy atom. The van der Waals surface area contributed by atoms with Crippen molar-refractivity contribution in [3.8, 4) is 0 Å². The highest BCUT2D eigenvalue weighted by molar-refractivity contribution is 5.93. The second-order valence-electron chi connectivity index (χ2n) is 2.75. The van der Waals surface area contributed by atoms with Crippen LogP contribution in [0.3, 0.4) is 0 Å². The maximum atomic E-state index is 11.2. The molecule has 0 aromatic rings. The van der Waals surface area contributed by atoms with E-state index in [9.17, 15) is 9.59 Å². The minimum atomic E-state index is -1.54. The van der Waals surface area contributed by atoms with Gasteiger partial charge in [0, 0.05) is 21.1 Å². The molecule has 0 bridgehead atoms. The molecule has 0 saturated carbocycles. The van der Waals surface area contributed by atoms with Crippen LogP contribution >= 0.6 is 0 Å². The van der Waals surface area contributed by atoms with E-state index in [-0.39, 0.29) is 0 Å². The number of esters is 1. The van der Waals surface area contributed by atoms with Crippen molar-refractivity contribution in [3.05, 3.63) is 0 Å². The van der Waals surface area contributed by atoms with Gasteiger partial charge in [-0.3, -0.25) is 9.59 Å². The van der Waals surface area contributed by atoms with Gasteiger partial charge >= 0.3 is 17.9 Å². The zero-order valence-corrected chi connectivity index (χ0v) is 8.57. The van der Waals surface area contributed by atoms with E-state index in [1.54, 1.807) is 0 Å². The first-order valence-electron chi connectivity index (χ1n) is 3.92. The number of carbonyl (C=O) groups is 2. The molecule has 1 unspecified atom stereocenters. The molecule has 0 heterocycles. The molecular formula is C8H14O6. The van der Waals surface area contributed by atoms with Crippen LogP contribution in [-0.4, -0.2) is 37.2 Å². The van der Waals surface area contributed by atoms with Gasteiger partial charge in [0.05, 0.1) is 0 Å². The fourth-order valence-electron chi connectivity index (χ4n) is 0.539. The lowest BCUT2D eigenvalue weighted by Crippen LogP contribution is -2.38. The lowest BCUT2D eigenvalue weighted by Gasteiger charge is -2.26. The Hall–Kier alpha value is -1.14. The van der Waals surface area contributed by atoms with Crippen molar-refractivity contribution in [2.45, 2.75) is 19.8 Å². The standard InChI is InChI=1S/C8H14O6/c1-5(6(9)10)7(11)14-8(2,12-3)13-4/h5H,1-4H3,(H,9,10). The monoisotopic (exact) mass is 206 g/mol. The number of rotatable bonds is 5. The van der Waals surface area contributed by atoms with Gasteiger partial charge in [0.15, 0.2) is 5.92 Å². The summed E-state index contributed by atoms with van der Waals surface area (Å²) in [6.45, 7) is 2.58. The lowest BCUT2D eigenvalue weighted by atomic mass is 10.2. The third kappa shape index (κ3) is 3.31. The summed E-state index contributed by atoms with van der Waals surface area (Å²) in [6, 6.07) is 0. The van der Waals surface area contributed by atoms with E-state index in [0.29, 0.717) is 0 Å². The first-order valence-corrected chi connectivity index (χ1v) is 3.92. The van der Waals surface area contributed by atoms with Crippen LogP contribution in [0.15, 0.2) is 0 Å². The van der Waals surface area contributed by atoms with Crippen molar-refractivity contribution in [3.63, 3.8) is 0 Å². The van der Waals surface area contributed by atoms with Crippen LogP contribution in [0.5, 0.6) is 0 Å². The summed E-state index contributed by atoms with van der Waals surface area (Å²) in [6.07, 6.45) is 0. The second kappa shape index (κ2) is 4.92. The van der Waals surface area contributed by atoms with Crippen LogP contribution in [0.4, 0.5) is 0 Å². The summed E-state index contributed by atoms with van der Waals surface area (Å²) < 4.78 is 14.2. The van der Waals surface area contributed by atoms with Gasteiger partial charge in [0.2, 0.25) is 0 Å². The molecule has 0 fully saturated rings. The smallest absolute Gasteiger partial charge is 0.325 e. The molecule has 0 aromatic heterocycles. The number of carboxylic acid groups (broad SMARTS) is 1. The van der Waals surface area contributed by atoms with Crippen molar-refractivity contribution in [1.29, 1.82) is 0 Å². The number of ether oxygens (including phenoxy) is 3. The first-order chi connectivity index (χ1) is 6.36. The summed E-state index contributed by atoms with van der Waals surface area (Å²) in [4.78, 5) is 21.6. The van der Waals surface area contributed by atoms with E-state index >= 15 is 0 Å². The number of carboxylic acids is 1. The molecule has 0 spiro atoms. The Morgan fingerprint density at radius 3 is 2.00 bits per heavy atom. The van der Waals surface area contributed by atoms with E-state index in [0.717, 1.165) is 0 Å². The molecule has 82 valence electrons. The number of aliphatic carboxylic acids is 1. The highest BCUT2D eigenvalue weighted by Crippen LogP contribution is 2.14. The quantitative estimate of drug-likeness (QED) is 0.393. The topological polar surface area (TPSA) is 82.1 Å². The fraction of sp³-hybridized carbons (Fsp3) is 0.750. The Bertz CT molecular complexity index is 220. The molecular weight excluding hydrogens is 192 g/mol. The third-order valence-electron chi connectivity index (χ3n) is 1.75. The average molecular weight is 206 g/mol. The van der Waals surface area contributed by atoms with Gasteiger partial charge in [0.1, 0.15) is 0 Å². The molecule has 0 radical (unpaired) electrons. The fourth-order valence-corrected chi connectivity index (χ4v) is 0.539. The van der Waals surface area contributed by atoms with Gasteiger partial charge in [0.25, 0.3) is 0 Å². The normalized spacial score (nSPS) is 13.4. The van der Waals surface area contributed by atoms with E-state index < -0.39 is 23.8 Å². The molecule has 0 aliphatic heterocycles. The Labute approximate surface area is 81.8 Å². The second-order valence-corrected chi connectivity index (χ2v) is 2.75. The van der Waals surface area contributed by atoms with Crippen molar-refractivity contribution >= 4 is 11.9 Å². The minimum Gasteiger partial charge on any atom is -0.481 e. The molecule has 1 atom stereocenters.